The van der Waals surface area contributed by atoms with Crippen molar-refractivity contribution in [1.29, 1.82) is 5.26 Å². The molecular formula is C19H26N2O5. The molecule has 7 heteroatoms. The molecule has 7 nitrogen and oxygen atoms in total. The Kier molecular flexibility index (Phi) is 7.59. The summed E-state index contributed by atoms with van der Waals surface area (Å²) in [4.78, 5) is 23.7. The lowest BCUT2D eigenvalue weighted by atomic mass is 10.1. The second-order valence-electron chi connectivity index (χ2n) is 6.80. The predicted molar refractivity (Wildman–Crippen MR) is 96.2 cm³/mol. The zero-order valence-electron chi connectivity index (χ0n) is 16.2. The van der Waals surface area contributed by atoms with Crippen LogP contribution in [0.1, 0.15) is 37.7 Å². The minimum atomic E-state index is -0.861. The Morgan fingerprint density at radius 3 is 2.50 bits per heavy atom. The van der Waals surface area contributed by atoms with Gasteiger partial charge in [-0.25, -0.2) is 9.59 Å². The van der Waals surface area contributed by atoms with Crippen molar-refractivity contribution in [2.24, 2.45) is 0 Å². The zero-order valence-corrected chi connectivity index (χ0v) is 16.2. The number of rotatable bonds is 7. The topological polar surface area (TPSA) is 90.5 Å². The number of ether oxygens (including phenoxy) is 3. The summed E-state index contributed by atoms with van der Waals surface area (Å²) in [6, 6.07) is 3.70. The second kappa shape index (κ2) is 9.20. The third-order valence-corrected chi connectivity index (χ3v) is 3.51. The SMILES string of the molecule is COCCn1c(C)cc(/C=C(\C#N)C(=O)OCC(=O)OC(C)(C)C)c1C. The van der Waals surface area contributed by atoms with Gasteiger partial charge in [-0.05, 0) is 52.3 Å². The van der Waals surface area contributed by atoms with Crippen molar-refractivity contribution >= 4 is 18.0 Å². The van der Waals surface area contributed by atoms with Crippen molar-refractivity contribution in [3.63, 3.8) is 0 Å². The summed E-state index contributed by atoms with van der Waals surface area (Å²) in [5.74, 6) is -1.53. The molecule has 1 heterocycles. The van der Waals surface area contributed by atoms with Gasteiger partial charge in [0.2, 0.25) is 0 Å². The highest BCUT2D eigenvalue weighted by Gasteiger charge is 2.19. The highest BCUT2D eigenvalue weighted by molar-refractivity contribution is 5.98. The fourth-order valence-electron chi connectivity index (χ4n) is 2.37. The molecule has 1 aromatic rings. The number of aryl methyl sites for hydroxylation is 1. The molecule has 26 heavy (non-hydrogen) atoms. The van der Waals surface area contributed by atoms with E-state index in [0.29, 0.717) is 13.2 Å². The maximum atomic E-state index is 12.1. The molecule has 0 N–H and O–H groups in total. The molecule has 0 spiro atoms. The van der Waals surface area contributed by atoms with Crippen LogP contribution in [0.5, 0.6) is 0 Å². The average molecular weight is 362 g/mol. The van der Waals surface area contributed by atoms with Gasteiger partial charge in [0, 0.05) is 25.0 Å². The van der Waals surface area contributed by atoms with Gasteiger partial charge in [0.25, 0.3) is 0 Å². The minimum absolute atomic E-state index is 0.180. The van der Waals surface area contributed by atoms with E-state index in [2.05, 4.69) is 0 Å². The second-order valence-corrected chi connectivity index (χ2v) is 6.80. The molecule has 0 atom stereocenters. The van der Waals surface area contributed by atoms with Crippen molar-refractivity contribution in [2.45, 2.75) is 46.8 Å². The molecule has 0 aromatic carbocycles. The largest absolute Gasteiger partial charge is 0.457 e. The van der Waals surface area contributed by atoms with E-state index in [1.807, 2.05) is 30.6 Å². The van der Waals surface area contributed by atoms with E-state index in [4.69, 9.17) is 14.2 Å². The van der Waals surface area contributed by atoms with Crippen molar-refractivity contribution in [3.05, 3.63) is 28.6 Å². The predicted octanol–water partition coefficient (Wildman–Crippen LogP) is 2.54. The number of aromatic nitrogens is 1. The van der Waals surface area contributed by atoms with Gasteiger partial charge in [-0.1, -0.05) is 0 Å². The quantitative estimate of drug-likeness (QED) is 0.421. The highest BCUT2D eigenvalue weighted by Crippen LogP contribution is 2.18. The van der Waals surface area contributed by atoms with Crippen LogP contribution in [0.25, 0.3) is 6.08 Å². The van der Waals surface area contributed by atoms with Gasteiger partial charge >= 0.3 is 11.9 Å². The maximum absolute atomic E-state index is 12.1. The van der Waals surface area contributed by atoms with E-state index in [1.165, 1.54) is 6.08 Å². The van der Waals surface area contributed by atoms with Gasteiger partial charge in [-0.3, -0.25) is 0 Å². The summed E-state index contributed by atoms with van der Waals surface area (Å²) < 4.78 is 17.1. The van der Waals surface area contributed by atoms with Crippen LogP contribution in [0.15, 0.2) is 11.6 Å². The molecule has 0 aliphatic rings. The Balaban J connectivity index is 2.87. The first-order valence-electron chi connectivity index (χ1n) is 8.25. The van der Waals surface area contributed by atoms with E-state index in [0.717, 1.165) is 17.0 Å². The van der Waals surface area contributed by atoms with Gasteiger partial charge in [0.1, 0.15) is 17.2 Å². The summed E-state index contributed by atoms with van der Waals surface area (Å²) in [6.07, 6.45) is 1.46. The van der Waals surface area contributed by atoms with Crippen molar-refractivity contribution in [3.8, 4) is 6.07 Å². The van der Waals surface area contributed by atoms with Crippen LogP contribution < -0.4 is 0 Å². The van der Waals surface area contributed by atoms with E-state index in [1.54, 1.807) is 27.9 Å². The fourth-order valence-corrected chi connectivity index (χ4v) is 2.37. The lowest BCUT2D eigenvalue weighted by Crippen LogP contribution is -2.27. The summed E-state index contributed by atoms with van der Waals surface area (Å²) in [5.41, 5.74) is 1.79. The van der Waals surface area contributed by atoms with E-state index in [-0.39, 0.29) is 5.57 Å². The Bertz CT molecular complexity index is 732. The number of esters is 2. The van der Waals surface area contributed by atoms with Crippen LogP contribution in [0.2, 0.25) is 0 Å². The summed E-state index contributed by atoms with van der Waals surface area (Å²) in [7, 11) is 1.63. The lowest BCUT2D eigenvalue weighted by Gasteiger charge is -2.19. The fraction of sp³-hybridized carbons (Fsp3) is 0.526. The summed E-state index contributed by atoms with van der Waals surface area (Å²) in [5, 5.41) is 9.26. The van der Waals surface area contributed by atoms with E-state index in [9.17, 15) is 14.9 Å². The van der Waals surface area contributed by atoms with E-state index >= 15 is 0 Å². The van der Waals surface area contributed by atoms with Gasteiger partial charge < -0.3 is 18.8 Å². The zero-order chi connectivity index (χ0) is 19.9. The van der Waals surface area contributed by atoms with Crippen LogP contribution >= 0.6 is 0 Å². The van der Waals surface area contributed by atoms with Crippen molar-refractivity contribution in [1.82, 2.24) is 4.57 Å². The number of methoxy groups -OCH3 is 1. The first-order chi connectivity index (χ1) is 12.1. The molecule has 0 unspecified atom stereocenters. The third kappa shape index (κ3) is 6.37. The molecule has 0 radical (unpaired) electrons. The van der Waals surface area contributed by atoms with Crippen LogP contribution in [0.3, 0.4) is 0 Å². The number of nitriles is 1. The van der Waals surface area contributed by atoms with Crippen molar-refractivity contribution < 1.29 is 23.8 Å². The van der Waals surface area contributed by atoms with Crippen LogP contribution in [0, 0.1) is 25.2 Å². The Morgan fingerprint density at radius 1 is 1.31 bits per heavy atom. The van der Waals surface area contributed by atoms with Gasteiger partial charge in [0.15, 0.2) is 6.61 Å². The van der Waals surface area contributed by atoms with Gasteiger partial charge in [-0.15, -0.1) is 0 Å². The Labute approximate surface area is 154 Å². The number of carbonyl (C=O) groups excluding carboxylic acids is 2. The number of hydrogen-bond donors (Lipinski definition) is 0. The standard InChI is InChI=1S/C19H26N2O5/c1-13-9-15(14(2)21(13)7-8-24-6)10-16(11-20)18(23)25-12-17(22)26-19(3,4)5/h9-10H,7-8,12H2,1-6H3/b16-10+. The molecular weight excluding hydrogens is 336 g/mol. The lowest BCUT2D eigenvalue weighted by molar-refractivity contribution is -0.164. The minimum Gasteiger partial charge on any atom is -0.457 e. The monoisotopic (exact) mass is 362 g/mol. The summed E-state index contributed by atoms with van der Waals surface area (Å²) >= 11 is 0. The molecule has 0 bridgehead atoms. The molecule has 1 aromatic heterocycles. The normalized spacial score (nSPS) is 11.8. The third-order valence-electron chi connectivity index (χ3n) is 3.51. The smallest absolute Gasteiger partial charge is 0.349 e. The molecule has 142 valence electrons. The van der Waals surface area contributed by atoms with Gasteiger partial charge in [-0.2, -0.15) is 5.26 Å². The number of nitrogens with zero attached hydrogens (tertiary/aromatic N) is 2. The molecule has 0 amide bonds. The number of hydrogen-bond acceptors (Lipinski definition) is 6. The molecule has 1 rings (SSSR count). The van der Waals surface area contributed by atoms with Gasteiger partial charge in [0.05, 0.1) is 6.61 Å². The molecule has 0 saturated heterocycles. The average Bonchev–Trinajstić information content (AvgIpc) is 2.80. The Morgan fingerprint density at radius 2 is 1.96 bits per heavy atom. The highest BCUT2D eigenvalue weighted by atomic mass is 16.6. The van der Waals surface area contributed by atoms with Crippen LogP contribution in [-0.4, -0.2) is 42.4 Å². The maximum Gasteiger partial charge on any atom is 0.349 e. The first kappa shape index (κ1) is 21.5. The molecule has 0 fully saturated rings. The molecule has 0 saturated carbocycles. The van der Waals surface area contributed by atoms with Crippen LogP contribution in [0.4, 0.5) is 0 Å². The molecule has 0 aliphatic carbocycles. The first-order valence-corrected chi connectivity index (χ1v) is 8.25. The van der Waals surface area contributed by atoms with E-state index < -0.39 is 24.1 Å². The van der Waals surface area contributed by atoms with Crippen LogP contribution in [-0.2, 0) is 30.3 Å². The molecule has 0 aliphatic heterocycles. The number of carbonyl (C=O) groups is 2. The Hall–Kier alpha value is -2.59. The summed E-state index contributed by atoms with van der Waals surface area (Å²) in [6.45, 7) is 9.67. The van der Waals surface area contributed by atoms with Crippen molar-refractivity contribution in [2.75, 3.05) is 20.3 Å².